The second kappa shape index (κ2) is 5.46. The number of rotatable bonds is 2. The van der Waals surface area contributed by atoms with Crippen LogP contribution in [0.3, 0.4) is 0 Å². The van der Waals surface area contributed by atoms with Gasteiger partial charge >= 0.3 is 0 Å². The molecular weight excluding hydrogens is 337 g/mol. The Morgan fingerprint density at radius 1 is 1.10 bits per heavy atom. The third kappa shape index (κ3) is 2.67. The number of benzene rings is 2. The zero-order chi connectivity index (χ0) is 14.1. The van der Waals surface area contributed by atoms with Crippen molar-refractivity contribution in [1.82, 2.24) is 4.98 Å². The maximum atomic E-state index is 13.6. The molecule has 0 saturated carbocycles. The predicted octanol–water partition coefficient (Wildman–Crippen LogP) is 5.69. The summed E-state index contributed by atoms with van der Waals surface area (Å²) in [4.78, 5) is 4.59. The molecule has 0 bridgehead atoms. The van der Waals surface area contributed by atoms with E-state index in [0.29, 0.717) is 5.56 Å². The summed E-state index contributed by atoms with van der Waals surface area (Å²) in [7, 11) is 0. The van der Waals surface area contributed by atoms with Gasteiger partial charge in [0.15, 0.2) is 0 Å². The average molecular weight is 348 g/mol. The molecule has 0 saturated heterocycles. The molecule has 1 nitrogen and oxygen atoms in total. The van der Waals surface area contributed by atoms with Gasteiger partial charge in [-0.1, -0.05) is 40.2 Å². The molecule has 0 amide bonds. The Kier molecular flexibility index (Phi) is 3.68. The van der Waals surface area contributed by atoms with E-state index in [4.69, 9.17) is 0 Å². The molecule has 0 unspecified atom stereocenters. The Labute approximate surface area is 129 Å². The van der Waals surface area contributed by atoms with Crippen LogP contribution in [0, 0.1) is 12.7 Å². The first-order chi connectivity index (χ1) is 9.63. The first-order valence-corrected chi connectivity index (χ1v) is 7.79. The summed E-state index contributed by atoms with van der Waals surface area (Å²) < 4.78 is 14.6. The van der Waals surface area contributed by atoms with Crippen molar-refractivity contribution in [1.29, 1.82) is 0 Å². The van der Waals surface area contributed by atoms with Gasteiger partial charge in [-0.05, 0) is 30.7 Å². The molecule has 3 rings (SSSR count). The summed E-state index contributed by atoms with van der Waals surface area (Å²) in [5.74, 6) is -0.193. The molecule has 0 fully saturated rings. The van der Waals surface area contributed by atoms with Crippen LogP contribution < -0.4 is 0 Å². The summed E-state index contributed by atoms with van der Waals surface area (Å²) >= 11 is 4.98. The molecule has 100 valence electrons. The molecule has 1 aromatic heterocycles. The van der Waals surface area contributed by atoms with Crippen molar-refractivity contribution in [2.45, 2.75) is 6.92 Å². The zero-order valence-corrected chi connectivity index (χ0v) is 13.1. The van der Waals surface area contributed by atoms with Gasteiger partial charge in [0.25, 0.3) is 0 Å². The summed E-state index contributed by atoms with van der Waals surface area (Å²) in [5.41, 5.74) is 3.43. The fourth-order valence-corrected chi connectivity index (χ4v) is 3.14. The quantitative estimate of drug-likeness (QED) is 0.580. The number of nitrogens with zero attached hydrogens (tertiary/aromatic N) is 1. The minimum atomic E-state index is -0.193. The van der Waals surface area contributed by atoms with Crippen LogP contribution >= 0.6 is 27.3 Å². The van der Waals surface area contributed by atoms with Crippen LogP contribution in [0.4, 0.5) is 4.39 Å². The van der Waals surface area contributed by atoms with Crippen molar-refractivity contribution >= 4 is 27.3 Å². The summed E-state index contributed by atoms with van der Waals surface area (Å²) in [5, 5.41) is 2.83. The number of hydrogen-bond donors (Lipinski definition) is 0. The number of thiazole rings is 1. The van der Waals surface area contributed by atoms with E-state index in [1.165, 1.54) is 11.3 Å². The molecule has 20 heavy (non-hydrogen) atoms. The zero-order valence-electron chi connectivity index (χ0n) is 10.7. The lowest BCUT2D eigenvalue weighted by Crippen LogP contribution is -1.84. The molecule has 3 aromatic rings. The SMILES string of the molecule is Cc1ccc(-c2nc(-c3cccc(Br)c3)cs2)cc1F. The minimum absolute atomic E-state index is 0.193. The maximum Gasteiger partial charge on any atom is 0.126 e. The lowest BCUT2D eigenvalue weighted by atomic mass is 10.1. The van der Waals surface area contributed by atoms with Gasteiger partial charge in [0.05, 0.1) is 5.69 Å². The van der Waals surface area contributed by atoms with Crippen LogP contribution in [0.5, 0.6) is 0 Å². The largest absolute Gasteiger partial charge is 0.236 e. The topological polar surface area (TPSA) is 12.9 Å². The molecule has 0 aliphatic heterocycles. The molecule has 0 aliphatic rings. The first-order valence-electron chi connectivity index (χ1n) is 6.11. The highest BCUT2D eigenvalue weighted by atomic mass is 79.9. The Bertz CT molecular complexity index is 767. The van der Waals surface area contributed by atoms with Crippen molar-refractivity contribution < 1.29 is 4.39 Å². The molecule has 0 spiro atoms. The smallest absolute Gasteiger partial charge is 0.126 e. The van der Waals surface area contributed by atoms with Gasteiger partial charge in [-0.15, -0.1) is 11.3 Å². The highest BCUT2D eigenvalue weighted by molar-refractivity contribution is 9.10. The standard InChI is InChI=1S/C16H11BrFNS/c1-10-5-6-12(8-14(10)18)16-19-15(9-20-16)11-3-2-4-13(17)7-11/h2-9H,1H3. The van der Waals surface area contributed by atoms with Crippen molar-refractivity contribution in [3.63, 3.8) is 0 Å². The molecule has 1 heterocycles. The molecule has 0 aliphatic carbocycles. The fraction of sp³-hybridized carbons (Fsp3) is 0.0625. The van der Waals surface area contributed by atoms with E-state index in [9.17, 15) is 4.39 Å². The maximum absolute atomic E-state index is 13.6. The Morgan fingerprint density at radius 2 is 1.95 bits per heavy atom. The molecule has 4 heteroatoms. The van der Waals surface area contributed by atoms with Gasteiger partial charge in [-0.25, -0.2) is 9.37 Å². The number of aryl methyl sites for hydroxylation is 1. The minimum Gasteiger partial charge on any atom is -0.236 e. The molecule has 2 aromatic carbocycles. The van der Waals surface area contributed by atoms with Crippen molar-refractivity contribution in [3.8, 4) is 21.8 Å². The van der Waals surface area contributed by atoms with Gasteiger partial charge in [0.1, 0.15) is 10.8 Å². The van der Waals surface area contributed by atoms with E-state index < -0.39 is 0 Å². The average Bonchev–Trinajstić information content (AvgIpc) is 2.92. The van der Waals surface area contributed by atoms with Crippen molar-refractivity contribution in [2.75, 3.05) is 0 Å². The third-order valence-corrected chi connectivity index (χ3v) is 4.43. The number of hydrogen-bond acceptors (Lipinski definition) is 2. The van der Waals surface area contributed by atoms with E-state index in [1.807, 2.05) is 35.7 Å². The van der Waals surface area contributed by atoms with Crippen LogP contribution in [-0.4, -0.2) is 4.98 Å². The second-order valence-corrected chi connectivity index (χ2v) is 6.29. The number of halogens is 2. The Morgan fingerprint density at radius 3 is 2.70 bits per heavy atom. The normalized spacial score (nSPS) is 10.8. The summed E-state index contributed by atoms with van der Waals surface area (Å²) in [6.07, 6.45) is 0. The van der Waals surface area contributed by atoms with Crippen molar-refractivity contribution in [3.05, 3.63) is 63.7 Å². The molecular formula is C16H11BrFNS. The first kappa shape index (κ1) is 13.5. The van der Waals surface area contributed by atoms with Crippen LogP contribution in [-0.2, 0) is 0 Å². The lowest BCUT2D eigenvalue weighted by Gasteiger charge is -2.00. The fourth-order valence-electron chi connectivity index (χ4n) is 1.91. The number of aromatic nitrogens is 1. The van der Waals surface area contributed by atoms with E-state index in [1.54, 1.807) is 19.1 Å². The van der Waals surface area contributed by atoms with E-state index in [2.05, 4.69) is 20.9 Å². The van der Waals surface area contributed by atoms with Crippen molar-refractivity contribution in [2.24, 2.45) is 0 Å². The molecule has 0 atom stereocenters. The van der Waals surface area contributed by atoms with E-state index >= 15 is 0 Å². The van der Waals surface area contributed by atoms with Gasteiger partial charge < -0.3 is 0 Å². The third-order valence-electron chi connectivity index (χ3n) is 3.04. The molecule has 0 radical (unpaired) electrons. The molecule has 0 N–H and O–H groups in total. The van der Waals surface area contributed by atoms with Crippen LogP contribution in [0.25, 0.3) is 21.8 Å². The second-order valence-electron chi connectivity index (χ2n) is 4.51. The summed E-state index contributed by atoms with van der Waals surface area (Å²) in [6.45, 7) is 1.76. The lowest BCUT2D eigenvalue weighted by molar-refractivity contribution is 0.619. The van der Waals surface area contributed by atoms with E-state index in [-0.39, 0.29) is 5.82 Å². The van der Waals surface area contributed by atoms with Crippen LogP contribution in [0.2, 0.25) is 0 Å². The van der Waals surface area contributed by atoms with Gasteiger partial charge in [-0.3, -0.25) is 0 Å². The van der Waals surface area contributed by atoms with Gasteiger partial charge in [-0.2, -0.15) is 0 Å². The highest BCUT2D eigenvalue weighted by Gasteiger charge is 2.08. The van der Waals surface area contributed by atoms with Crippen LogP contribution in [0.1, 0.15) is 5.56 Å². The van der Waals surface area contributed by atoms with Gasteiger partial charge in [0.2, 0.25) is 0 Å². The highest BCUT2D eigenvalue weighted by Crippen LogP contribution is 2.30. The van der Waals surface area contributed by atoms with E-state index in [0.717, 1.165) is 26.3 Å². The monoisotopic (exact) mass is 347 g/mol. The summed E-state index contributed by atoms with van der Waals surface area (Å²) in [6, 6.07) is 13.2. The van der Waals surface area contributed by atoms with Gasteiger partial charge in [0, 0.05) is 21.0 Å². The Balaban J connectivity index is 1.99. The predicted molar refractivity (Wildman–Crippen MR) is 85.4 cm³/mol. The Hall–Kier alpha value is -1.52. The van der Waals surface area contributed by atoms with Crippen LogP contribution in [0.15, 0.2) is 52.3 Å².